The monoisotopic (exact) mass is 550 g/mol. The summed E-state index contributed by atoms with van der Waals surface area (Å²) < 4.78 is 5.46. The predicted octanol–water partition coefficient (Wildman–Crippen LogP) is 4.62. The third-order valence-corrected chi connectivity index (χ3v) is 8.45. The maximum atomic E-state index is 13.3. The van der Waals surface area contributed by atoms with Crippen molar-refractivity contribution in [2.24, 2.45) is 5.92 Å². The summed E-state index contributed by atoms with van der Waals surface area (Å²) in [5.74, 6) is -0.0907. The Bertz CT molecular complexity index is 1070. The number of carbonyl (C=O) groups is 3. The minimum atomic E-state index is -0.793. The summed E-state index contributed by atoms with van der Waals surface area (Å²) in [5, 5.41) is 3.56. The van der Waals surface area contributed by atoms with Crippen molar-refractivity contribution < 1.29 is 19.1 Å². The molecule has 2 fully saturated rings. The second-order valence-corrected chi connectivity index (χ2v) is 10.7. The van der Waals surface area contributed by atoms with Gasteiger partial charge in [0.25, 0.3) is 0 Å². The lowest BCUT2D eigenvalue weighted by molar-refractivity contribution is -0.140. The van der Waals surface area contributed by atoms with E-state index in [-0.39, 0.29) is 35.5 Å². The van der Waals surface area contributed by atoms with Gasteiger partial charge in [0, 0.05) is 50.4 Å². The largest absolute Gasteiger partial charge is 0.463 e. The highest BCUT2D eigenvalue weighted by molar-refractivity contribution is 6.42. The number of piperazine rings is 1. The van der Waals surface area contributed by atoms with E-state index in [1.807, 2.05) is 11.8 Å². The first-order valence-corrected chi connectivity index (χ1v) is 14.0. The molecule has 1 N–H and O–H groups in total. The van der Waals surface area contributed by atoms with Crippen molar-refractivity contribution in [2.45, 2.75) is 58.5 Å². The van der Waals surface area contributed by atoms with Gasteiger partial charge in [-0.15, -0.1) is 0 Å². The maximum Gasteiger partial charge on any atom is 0.338 e. The zero-order valence-corrected chi connectivity index (χ0v) is 23.3. The first kappa shape index (κ1) is 27.7. The van der Waals surface area contributed by atoms with Crippen LogP contribution in [0.4, 0.5) is 4.79 Å². The van der Waals surface area contributed by atoms with Crippen LogP contribution in [0.25, 0.3) is 0 Å². The molecular formula is C27H36Cl2N4O4. The second-order valence-electron chi connectivity index (χ2n) is 9.95. The van der Waals surface area contributed by atoms with Crippen LogP contribution in [-0.2, 0) is 14.3 Å². The predicted molar refractivity (Wildman–Crippen MR) is 143 cm³/mol. The van der Waals surface area contributed by atoms with Gasteiger partial charge in [0.05, 0.1) is 28.3 Å². The van der Waals surface area contributed by atoms with Gasteiger partial charge < -0.3 is 15.0 Å². The van der Waals surface area contributed by atoms with E-state index in [0.717, 1.165) is 25.7 Å². The number of hydrogen-bond acceptors (Lipinski definition) is 5. The van der Waals surface area contributed by atoms with E-state index in [0.29, 0.717) is 54.6 Å². The van der Waals surface area contributed by atoms with Crippen LogP contribution in [0.3, 0.4) is 0 Å². The molecule has 0 radical (unpaired) electrons. The molecule has 8 nitrogen and oxygen atoms in total. The fourth-order valence-electron chi connectivity index (χ4n) is 5.76. The Balaban J connectivity index is 1.65. The smallest absolute Gasteiger partial charge is 0.338 e. The Labute approximate surface area is 228 Å². The molecule has 2 atom stereocenters. The third kappa shape index (κ3) is 5.76. The number of likely N-dealkylation sites (N-methyl/N-ethyl adjacent to an activating group) is 1. The number of urea groups is 1. The molecule has 1 aromatic carbocycles. The molecule has 37 heavy (non-hydrogen) atoms. The number of nitrogens with zero attached hydrogens (tertiary/aromatic N) is 3. The number of nitrogens with one attached hydrogen (secondary N) is 1. The van der Waals surface area contributed by atoms with Gasteiger partial charge in [-0.1, -0.05) is 48.2 Å². The molecule has 0 aromatic heterocycles. The summed E-state index contributed by atoms with van der Waals surface area (Å²) in [5.41, 5.74) is 1.48. The number of rotatable bonds is 7. The van der Waals surface area contributed by atoms with Crippen molar-refractivity contribution >= 4 is 41.1 Å². The van der Waals surface area contributed by atoms with Gasteiger partial charge in [-0.25, -0.2) is 9.59 Å². The Morgan fingerprint density at radius 2 is 1.86 bits per heavy atom. The highest BCUT2D eigenvalue weighted by Gasteiger charge is 2.40. The number of benzene rings is 1. The zero-order valence-electron chi connectivity index (χ0n) is 21.8. The Kier molecular flexibility index (Phi) is 9.03. The fourth-order valence-corrected chi connectivity index (χ4v) is 6.17. The first-order chi connectivity index (χ1) is 17.8. The Hall–Kier alpha value is -2.29. The summed E-state index contributed by atoms with van der Waals surface area (Å²) in [6.45, 7) is 8.58. The van der Waals surface area contributed by atoms with Crippen molar-refractivity contribution in [2.75, 3.05) is 39.3 Å². The fraction of sp³-hybridized carbons (Fsp3) is 0.593. The van der Waals surface area contributed by atoms with Gasteiger partial charge in [-0.3, -0.25) is 14.6 Å². The van der Waals surface area contributed by atoms with Gasteiger partial charge in [0.2, 0.25) is 5.91 Å². The van der Waals surface area contributed by atoms with Gasteiger partial charge in [0.1, 0.15) is 0 Å². The van der Waals surface area contributed by atoms with E-state index in [1.54, 1.807) is 30.0 Å². The Morgan fingerprint density at radius 3 is 2.51 bits per heavy atom. The molecule has 202 valence electrons. The molecule has 0 spiro atoms. The molecule has 1 aliphatic carbocycles. The van der Waals surface area contributed by atoms with E-state index >= 15 is 0 Å². The van der Waals surface area contributed by atoms with Crippen molar-refractivity contribution in [1.29, 1.82) is 0 Å². The summed E-state index contributed by atoms with van der Waals surface area (Å²) >= 11 is 12.8. The van der Waals surface area contributed by atoms with Crippen molar-refractivity contribution in [1.82, 2.24) is 20.0 Å². The highest BCUT2D eigenvalue weighted by atomic mass is 35.5. The van der Waals surface area contributed by atoms with Crippen molar-refractivity contribution in [3.63, 3.8) is 0 Å². The van der Waals surface area contributed by atoms with E-state index < -0.39 is 12.0 Å². The minimum absolute atomic E-state index is 0.0409. The van der Waals surface area contributed by atoms with Crippen LogP contribution < -0.4 is 5.32 Å². The zero-order chi connectivity index (χ0) is 26.7. The average Bonchev–Trinajstić information content (AvgIpc) is 3.40. The molecule has 1 saturated heterocycles. The summed E-state index contributed by atoms with van der Waals surface area (Å²) in [4.78, 5) is 45.4. The number of amides is 3. The molecule has 2 aliphatic heterocycles. The summed E-state index contributed by atoms with van der Waals surface area (Å²) in [7, 11) is 0. The van der Waals surface area contributed by atoms with Crippen molar-refractivity contribution in [3.05, 3.63) is 45.1 Å². The lowest BCUT2D eigenvalue weighted by Crippen LogP contribution is -2.57. The van der Waals surface area contributed by atoms with Gasteiger partial charge >= 0.3 is 12.0 Å². The first-order valence-electron chi connectivity index (χ1n) is 13.2. The van der Waals surface area contributed by atoms with Crippen molar-refractivity contribution in [3.8, 4) is 0 Å². The molecule has 2 heterocycles. The standard InChI is InChI=1S/C27H36Cl2N4O4/c1-4-32-21(16-31-13-14-33(17(3)15-31)25(34)18-9-6-7-10-18)22(26(35)37-5-2)24(30-27(32)36)19-11-8-12-20(28)23(19)29/h8,11-12,17-18,24H,4-7,9-10,13-16H2,1-3H3,(H,30,36)/t17-,24-/m0/s1. The van der Waals surface area contributed by atoms with Crippen LogP contribution in [0.5, 0.6) is 0 Å². The number of halogens is 2. The number of esters is 1. The lowest BCUT2D eigenvalue weighted by Gasteiger charge is -2.43. The third-order valence-electron chi connectivity index (χ3n) is 7.61. The number of ether oxygens (including phenoxy) is 1. The van der Waals surface area contributed by atoms with Crippen LogP contribution in [0.15, 0.2) is 29.5 Å². The second kappa shape index (κ2) is 12.0. The molecule has 1 saturated carbocycles. The molecule has 1 aromatic rings. The SMILES string of the molecule is CCOC(=O)C1=C(CN2CCN(C(=O)C3CCCC3)[C@@H](C)C2)N(CC)C(=O)N[C@H]1c1cccc(Cl)c1Cl. The molecule has 3 amide bonds. The molecule has 4 rings (SSSR count). The summed E-state index contributed by atoms with van der Waals surface area (Å²) in [6.07, 6.45) is 4.22. The average molecular weight is 552 g/mol. The van der Waals surface area contributed by atoms with Crippen LogP contribution in [0, 0.1) is 5.92 Å². The lowest BCUT2D eigenvalue weighted by atomic mass is 9.93. The van der Waals surface area contributed by atoms with Crippen LogP contribution >= 0.6 is 23.2 Å². The Morgan fingerprint density at radius 1 is 1.14 bits per heavy atom. The van der Waals surface area contributed by atoms with Crippen LogP contribution in [-0.4, -0.2) is 78.0 Å². The highest BCUT2D eigenvalue weighted by Crippen LogP contribution is 2.38. The van der Waals surface area contributed by atoms with E-state index in [1.165, 1.54) is 0 Å². The van der Waals surface area contributed by atoms with E-state index in [4.69, 9.17) is 27.9 Å². The van der Waals surface area contributed by atoms with Gasteiger partial charge in [0.15, 0.2) is 0 Å². The molecule has 3 aliphatic rings. The van der Waals surface area contributed by atoms with Crippen LogP contribution in [0.2, 0.25) is 10.0 Å². The van der Waals surface area contributed by atoms with E-state index in [9.17, 15) is 14.4 Å². The molecular weight excluding hydrogens is 515 g/mol. The molecule has 0 unspecified atom stereocenters. The maximum absolute atomic E-state index is 13.3. The molecule has 0 bridgehead atoms. The minimum Gasteiger partial charge on any atom is -0.463 e. The topological polar surface area (TPSA) is 82.2 Å². The van der Waals surface area contributed by atoms with Gasteiger partial charge in [-0.05, 0) is 45.2 Å². The quantitative estimate of drug-likeness (QED) is 0.501. The normalized spacial score (nSPS) is 23.4. The molecule has 10 heteroatoms. The van der Waals surface area contributed by atoms with Crippen LogP contribution in [0.1, 0.15) is 58.1 Å². The number of carbonyl (C=O) groups excluding carboxylic acids is 3. The van der Waals surface area contributed by atoms with E-state index in [2.05, 4.69) is 17.1 Å². The van der Waals surface area contributed by atoms with Gasteiger partial charge in [-0.2, -0.15) is 0 Å². The number of hydrogen-bond donors (Lipinski definition) is 1. The summed E-state index contributed by atoms with van der Waals surface area (Å²) in [6, 6.07) is 4.10.